The Morgan fingerprint density at radius 3 is 2.56 bits per heavy atom. The van der Waals surface area contributed by atoms with Gasteiger partial charge in [-0.05, 0) is 53.9 Å². The summed E-state index contributed by atoms with van der Waals surface area (Å²) in [7, 11) is 3.30. The second kappa shape index (κ2) is 7.89. The summed E-state index contributed by atoms with van der Waals surface area (Å²) < 4.78 is 11.2. The van der Waals surface area contributed by atoms with Crippen LogP contribution in [0.5, 0.6) is 11.5 Å². The molecular formula is C19H23NO4S. The fraction of sp³-hybridized carbons (Fsp3) is 0.421. The van der Waals surface area contributed by atoms with Crippen LogP contribution in [-0.2, 0) is 4.79 Å². The van der Waals surface area contributed by atoms with Crippen molar-refractivity contribution in [1.29, 1.82) is 0 Å². The Balaban J connectivity index is 2.07. The van der Waals surface area contributed by atoms with E-state index < -0.39 is 5.97 Å². The number of nitrogens with zero attached hydrogens (tertiary/aromatic N) is 1. The quantitative estimate of drug-likeness (QED) is 0.851. The highest BCUT2D eigenvalue weighted by Crippen LogP contribution is 2.42. The first-order valence-electron chi connectivity index (χ1n) is 8.35. The summed E-state index contributed by atoms with van der Waals surface area (Å²) in [6.45, 7) is 1.38. The number of likely N-dealkylation sites (tertiary alicyclic amines) is 1. The van der Waals surface area contributed by atoms with Crippen LogP contribution in [-0.4, -0.2) is 43.3 Å². The molecule has 2 unspecified atom stereocenters. The molecule has 1 N–H and O–H groups in total. The van der Waals surface area contributed by atoms with Gasteiger partial charge in [0.15, 0.2) is 0 Å². The lowest BCUT2D eigenvalue weighted by Crippen LogP contribution is -2.41. The summed E-state index contributed by atoms with van der Waals surface area (Å²) in [5.41, 5.74) is 2.09. The van der Waals surface area contributed by atoms with Crippen molar-refractivity contribution in [2.75, 3.05) is 27.3 Å². The second-order valence-electron chi connectivity index (χ2n) is 6.21. The molecule has 1 aromatic heterocycles. The van der Waals surface area contributed by atoms with Crippen LogP contribution in [0.25, 0.3) is 0 Å². The molecule has 0 bridgehead atoms. The number of carbonyl (C=O) groups is 1. The first-order valence-corrected chi connectivity index (χ1v) is 9.29. The van der Waals surface area contributed by atoms with Crippen LogP contribution in [0.4, 0.5) is 0 Å². The van der Waals surface area contributed by atoms with E-state index in [2.05, 4.69) is 16.3 Å². The largest absolute Gasteiger partial charge is 0.496 e. The molecule has 5 nitrogen and oxygen atoms in total. The molecule has 1 saturated heterocycles. The molecule has 0 spiro atoms. The predicted molar refractivity (Wildman–Crippen MR) is 97.6 cm³/mol. The molecule has 3 rings (SSSR count). The summed E-state index contributed by atoms with van der Waals surface area (Å²) in [6.07, 6.45) is 1.60. The lowest BCUT2D eigenvalue weighted by Gasteiger charge is -2.38. The highest BCUT2D eigenvalue weighted by molar-refractivity contribution is 7.08. The normalized spacial score (nSPS) is 19.4. The molecule has 0 saturated carbocycles. The van der Waals surface area contributed by atoms with Crippen molar-refractivity contribution in [2.24, 2.45) is 5.92 Å². The van der Waals surface area contributed by atoms with Crippen LogP contribution >= 0.6 is 11.3 Å². The molecule has 2 aromatic rings. The summed E-state index contributed by atoms with van der Waals surface area (Å²) in [5, 5.41) is 13.6. The maximum Gasteiger partial charge on any atom is 0.307 e. The third-order valence-electron chi connectivity index (χ3n) is 4.77. The van der Waals surface area contributed by atoms with Gasteiger partial charge in [0, 0.05) is 6.54 Å². The van der Waals surface area contributed by atoms with E-state index in [0.29, 0.717) is 6.54 Å². The van der Waals surface area contributed by atoms with Gasteiger partial charge in [-0.2, -0.15) is 11.3 Å². The van der Waals surface area contributed by atoms with Gasteiger partial charge in [-0.3, -0.25) is 9.69 Å². The Morgan fingerprint density at radius 1 is 1.28 bits per heavy atom. The average molecular weight is 361 g/mol. The van der Waals surface area contributed by atoms with Crippen molar-refractivity contribution < 1.29 is 19.4 Å². The number of aliphatic carboxylic acids is 1. The minimum absolute atomic E-state index is 0.0838. The molecule has 1 aliphatic rings. The monoisotopic (exact) mass is 361 g/mol. The van der Waals surface area contributed by atoms with Crippen molar-refractivity contribution in [3.63, 3.8) is 0 Å². The molecule has 2 atom stereocenters. The van der Waals surface area contributed by atoms with Crippen LogP contribution in [0.3, 0.4) is 0 Å². The van der Waals surface area contributed by atoms with Crippen LogP contribution < -0.4 is 9.47 Å². The van der Waals surface area contributed by atoms with Gasteiger partial charge in [-0.25, -0.2) is 0 Å². The van der Waals surface area contributed by atoms with E-state index >= 15 is 0 Å². The average Bonchev–Trinajstić information content (AvgIpc) is 3.16. The summed E-state index contributed by atoms with van der Waals surface area (Å²) >= 11 is 1.64. The zero-order chi connectivity index (χ0) is 17.8. The van der Waals surface area contributed by atoms with Gasteiger partial charge in [0.05, 0.1) is 31.7 Å². The molecule has 0 aliphatic carbocycles. The maximum atomic E-state index is 11.5. The number of thiophene rings is 1. The van der Waals surface area contributed by atoms with Gasteiger partial charge in [0.25, 0.3) is 0 Å². The van der Waals surface area contributed by atoms with Gasteiger partial charge in [0.2, 0.25) is 0 Å². The number of ether oxygens (including phenoxy) is 2. The maximum absolute atomic E-state index is 11.5. The number of rotatable bonds is 6. The Hall–Kier alpha value is -2.05. The van der Waals surface area contributed by atoms with Crippen LogP contribution in [0, 0.1) is 5.92 Å². The van der Waals surface area contributed by atoms with E-state index in [9.17, 15) is 9.90 Å². The van der Waals surface area contributed by atoms with E-state index in [1.807, 2.05) is 23.6 Å². The molecule has 1 aromatic carbocycles. The number of piperidine rings is 1. The molecule has 0 radical (unpaired) electrons. The number of methoxy groups -OCH3 is 2. The molecule has 1 aliphatic heterocycles. The zero-order valence-corrected chi connectivity index (χ0v) is 15.3. The van der Waals surface area contributed by atoms with Crippen LogP contribution in [0.15, 0.2) is 35.0 Å². The van der Waals surface area contributed by atoms with E-state index in [-0.39, 0.29) is 12.0 Å². The van der Waals surface area contributed by atoms with Gasteiger partial charge >= 0.3 is 5.97 Å². The Bertz CT molecular complexity index is 694. The minimum atomic E-state index is -0.722. The van der Waals surface area contributed by atoms with Gasteiger partial charge < -0.3 is 14.6 Å². The smallest absolute Gasteiger partial charge is 0.307 e. The number of hydrogen-bond acceptors (Lipinski definition) is 5. The topological polar surface area (TPSA) is 59.0 Å². The first-order chi connectivity index (χ1) is 12.2. The Labute approximate surface area is 151 Å². The van der Waals surface area contributed by atoms with Gasteiger partial charge in [0.1, 0.15) is 11.5 Å². The summed E-state index contributed by atoms with van der Waals surface area (Å²) in [4.78, 5) is 13.8. The van der Waals surface area contributed by atoms with E-state index in [0.717, 1.165) is 42.0 Å². The number of hydrogen-bond donors (Lipinski definition) is 1. The summed E-state index contributed by atoms with van der Waals surface area (Å²) in [6, 6.07) is 7.76. The van der Waals surface area contributed by atoms with Crippen molar-refractivity contribution in [2.45, 2.75) is 18.9 Å². The number of carboxylic acid groups (broad SMARTS) is 1. The van der Waals surface area contributed by atoms with E-state index in [4.69, 9.17) is 9.47 Å². The Kier molecular flexibility index (Phi) is 5.60. The first kappa shape index (κ1) is 17.8. The van der Waals surface area contributed by atoms with E-state index in [1.165, 1.54) is 0 Å². The fourth-order valence-electron chi connectivity index (χ4n) is 3.58. The molecule has 1 fully saturated rings. The third kappa shape index (κ3) is 3.65. The molecule has 6 heteroatoms. The lowest BCUT2D eigenvalue weighted by atomic mass is 9.91. The zero-order valence-electron chi connectivity index (χ0n) is 14.5. The highest BCUT2D eigenvalue weighted by atomic mass is 32.1. The molecule has 2 heterocycles. The summed E-state index contributed by atoms with van der Waals surface area (Å²) in [5.74, 6) is 0.456. The molecule has 134 valence electrons. The molecule has 25 heavy (non-hydrogen) atoms. The van der Waals surface area contributed by atoms with Crippen molar-refractivity contribution in [1.82, 2.24) is 4.90 Å². The highest BCUT2D eigenvalue weighted by Gasteiger charge is 2.34. The minimum Gasteiger partial charge on any atom is -0.496 e. The number of carboxylic acids is 1. The standard InChI is InChI=1S/C19H23NO4S/c1-23-15-6-3-7-16(24-2)17(15)18(14-8-10-25-12-14)20-9-4-5-13(11-20)19(21)22/h3,6-8,10,12-13,18H,4-5,9,11H2,1-2H3,(H,21,22). The fourth-order valence-corrected chi connectivity index (χ4v) is 4.26. The van der Waals surface area contributed by atoms with Crippen molar-refractivity contribution in [3.8, 4) is 11.5 Å². The van der Waals surface area contributed by atoms with Crippen LogP contribution in [0.2, 0.25) is 0 Å². The number of benzene rings is 1. The van der Waals surface area contributed by atoms with Crippen molar-refractivity contribution in [3.05, 3.63) is 46.2 Å². The lowest BCUT2D eigenvalue weighted by molar-refractivity contribution is -0.143. The predicted octanol–water partition coefficient (Wildman–Crippen LogP) is 3.65. The van der Waals surface area contributed by atoms with Crippen molar-refractivity contribution >= 4 is 17.3 Å². The van der Waals surface area contributed by atoms with Gasteiger partial charge in [-0.15, -0.1) is 0 Å². The molecular weight excluding hydrogens is 338 g/mol. The van der Waals surface area contributed by atoms with E-state index in [1.54, 1.807) is 25.6 Å². The third-order valence-corrected chi connectivity index (χ3v) is 5.47. The SMILES string of the molecule is COc1cccc(OC)c1C(c1ccsc1)N1CCCC(C(=O)O)C1. The Morgan fingerprint density at radius 2 is 2.00 bits per heavy atom. The van der Waals surface area contributed by atoms with Gasteiger partial charge in [-0.1, -0.05) is 6.07 Å². The molecule has 0 amide bonds. The second-order valence-corrected chi connectivity index (χ2v) is 6.99. The van der Waals surface area contributed by atoms with Crippen LogP contribution in [0.1, 0.15) is 30.0 Å².